The molecule has 0 unspecified atom stereocenters. The topological polar surface area (TPSA) is 9.86 Å². The molecule has 0 aliphatic rings. The van der Waals surface area contributed by atoms with Crippen LogP contribution in [0.15, 0.2) is 194 Å². The summed E-state index contributed by atoms with van der Waals surface area (Å²) in [6.45, 7) is 0. The molecule has 3 heterocycles. The molecular formula is C52H32N2S. The van der Waals surface area contributed by atoms with Crippen molar-refractivity contribution in [2.75, 3.05) is 0 Å². The number of hydrogen-bond donors (Lipinski definition) is 0. The predicted octanol–water partition coefficient (Wildman–Crippen LogP) is 14.7. The van der Waals surface area contributed by atoms with E-state index in [1.54, 1.807) is 0 Å². The van der Waals surface area contributed by atoms with Crippen LogP contribution in [0, 0.1) is 0 Å². The van der Waals surface area contributed by atoms with Gasteiger partial charge in [0.05, 0.1) is 32.5 Å². The standard InChI is InChI=1S/C52H32N2S/c1-2-11-35-30-36(21-20-33(35)10-1)34-22-26-39(27-23-34)53-46-16-6-3-12-40(46)44-31-37(24-28-48(44)53)38-25-29-49-45(32-38)41-13-4-7-17-47(41)54(49)50-18-9-15-43-42-14-5-8-19-51(42)55-52(43)50/h1-32H. The molecule has 0 N–H and O–H groups in total. The third-order valence-electron chi connectivity index (χ3n) is 11.5. The second kappa shape index (κ2) is 11.8. The van der Waals surface area contributed by atoms with Crippen LogP contribution in [0.1, 0.15) is 0 Å². The Bertz CT molecular complexity index is 3490. The fourth-order valence-corrected chi connectivity index (χ4v) is 10.1. The van der Waals surface area contributed by atoms with E-state index in [9.17, 15) is 0 Å². The van der Waals surface area contributed by atoms with Gasteiger partial charge in [-0.2, -0.15) is 0 Å². The van der Waals surface area contributed by atoms with Gasteiger partial charge in [0.15, 0.2) is 0 Å². The molecule has 0 aliphatic carbocycles. The molecule has 2 nitrogen and oxygen atoms in total. The minimum absolute atomic E-state index is 1.16. The molecule has 0 saturated carbocycles. The van der Waals surface area contributed by atoms with E-state index in [0.29, 0.717) is 0 Å². The van der Waals surface area contributed by atoms with Crippen molar-refractivity contribution < 1.29 is 0 Å². The molecule has 0 bridgehead atoms. The zero-order valence-electron chi connectivity index (χ0n) is 29.8. The van der Waals surface area contributed by atoms with Crippen LogP contribution in [0.5, 0.6) is 0 Å². The highest BCUT2D eigenvalue weighted by atomic mass is 32.1. The maximum atomic E-state index is 2.47. The summed E-state index contributed by atoms with van der Waals surface area (Å²) in [5.41, 5.74) is 12.1. The maximum Gasteiger partial charge on any atom is 0.0640 e. The van der Waals surface area contributed by atoms with Crippen molar-refractivity contribution in [3.8, 4) is 33.6 Å². The highest BCUT2D eigenvalue weighted by Crippen LogP contribution is 2.42. The summed E-state index contributed by atoms with van der Waals surface area (Å²) in [5.74, 6) is 0. The first kappa shape index (κ1) is 30.5. The molecule has 0 saturated heterocycles. The van der Waals surface area contributed by atoms with Gasteiger partial charge in [0, 0.05) is 42.7 Å². The van der Waals surface area contributed by atoms with Gasteiger partial charge in [0.2, 0.25) is 0 Å². The predicted molar refractivity (Wildman–Crippen MR) is 236 cm³/mol. The van der Waals surface area contributed by atoms with E-state index in [1.807, 2.05) is 11.3 Å². The number of hydrogen-bond acceptors (Lipinski definition) is 1. The maximum absolute atomic E-state index is 2.47. The molecule has 0 radical (unpaired) electrons. The molecule has 256 valence electrons. The molecule has 9 aromatic carbocycles. The second-order valence-corrected chi connectivity index (χ2v) is 15.6. The summed E-state index contributed by atoms with van der Waals surface area (Å²) >= 11 is 1.88. The Labute approximate surface area is 321 Å². The van der Waals surface area contributed by atoms with Crippen LogP contribution in [-0.4, -0.2) is 9.13 Å². The summed E-state index contributed by atoms with van der Waals surface area (Å²) in [4.78, 5) is 0. The van der Waals surface area contributed by atoms with Gasteiger partial charge in [-0.25, -0.2) is 0 Å². The Morgan fingerprint density at radius 1 is 0.309 bits per heavy atom. The summed E-state index contributed by atoms with van der Waals surface area (Å²) in [5, 5.41) is 10.2. The second-order valence-electron chi connectivity index (χ2n) is 14.5. The van der Waals surface area contributed by atoms with Crippen LogP contribution in [0.2, 0.25) is 0 Å². The van der Waals surface area contributed by atoms with Crippen molar-refractivity contribution in [3.05, 3.63) is 194 Å². The van der Waals surface area contributed by atoms with Crippen molar-refractivity contribution in [2.24, 2.45) is 0 Å². The SMILES string of the molecule is c1ccc2cc(-c3ccc(-n4c5ccccc5c5cc(-c6ccc7c(c6)c6ccccc6n7-c6cccc7c6sc6ccccc67)ccc54)cc3)ccc2c1. The lowest BCUT2D eigenvalue weighted by Crippen LogP contribution is -1.94. The Hall–Kier alpha value is -6.94. The van der Waals surface area contributed by atoms with Crippen LogP contribution in [0.3, 0.4) is 0 Å². The highest BCUT2D eigenvalue weighted by Gasteiger charge is 2.18. The van der Waals surface area contributed by atoms with E-state index in [4.69, 9.17) is 0 Å². The van der Waals surface area contributed by atoms with Gasteiger partial charge in [0.25, 0.3) is 0 Å². The summed E-state index contributed by atoms with van der Waals surface area (Å²) in [7, 11) is 0. The quantitative estimate of drug-likeness (QED) is 0.172. The number of rotatable bonds is 4. The van der Waals surface area contributed by atoms with Gasteiger partial charge < -0.3 is 9.13 Å². The molecule has 3 aromatic heterocycles. The minimum Gasteiger partial charge on any atom is -0.309 e. The summed E-state index contributed by atoms with van der Waals surface area (Å²) in [6.07, 6.45) is 0. The first-order chi connectivity index (χ1) is 27.3. The highest BCUT2D eigenvalue weighted by molar-refractivity contribution is 7.26. The number of para-hydroxylation sites is 2. The first-order valence-corrected chi connectivity index (χ1v) is 19.7. The van der Waals surface area contributed by atoms with Crippen molar-refractivity contribution in [2.45, 2.75) is 0 Å². The average Bonchev–Trinajstić information content (AvgIpc) is 3.91. The first-order valence-electron chi connectivity index (χ1n) is 18.8. The Kier molecular flexibility index (Phi) is 6.54. The molecular weight excluding hydrogens is 685 g/mol. The molecule has 0 spiro atoms. The fourth-order valence-electron chi connectivity index (χ4n) is 8.92. The van der Waals surface area contributed by atoms with Crippen LogP contribution >= 0.6 is 11.3 Å². The van der Waals surface area contributed by atoms with Gasteiger partial charge in [-0.3, -0.25) is 0 Å². The summed E-state index contributed by atoms with van der Waals surface area (Å²) < 4.78 is 7.52. The van der Waals surface area contributed by atoms with Crippen LogP contribution in [-0.2, 0) is 0 Å². The van der Waals surface area contributed by atoms with E-state index >= 15 is 0 Å². The Morgan fingerprint density at radius 2 is 0.836 bits per heavy atom. The van der Waals surface area contributed by atoms with Crippen LogP contribution in [0.4, 0.5) is 0 Å². The molecule has 12 aromatic rings. The fraction of sp³-hybridized carbons (Fsp3) is 0. The molecule has 0 fully saturated rings. The molecule has 3 heteroatoms. The number of fused-ring (bicyclic) bond motifs is 10. The van der Waals surface area contributed by atoms with Crippen molar-refractivity contribution in [1.29, 1.82) is 0 Å². The van der Waals surface area contributed by atoms with E-state index in [0.717, 1.165) is 5.69 Å². The van der Waals surface area contributed by atoms with Gasteiger partial charge in [-0.15, -0.1) is 11.3 Å². The zero-order valence-corrected chi connectivity index (χ0v) is 30.6. The summed E-state index contributed by atoms with van der Waals surface area (Å²) in [6, 6.07) is 71.4. The smallest absolute Gasteiger partial charge is 0.0640 e. The van der Waals surface area contributed by atoms with Crippen LogP contribution < -0.4 is 0 Å². The number of nitrogens with zero attached hydrogens (tertiary/aromatic N) is 2. The van der Waals surface area contributed by atoms with E-state index in [2.05, 4.69) is 203 Å². The largest absolute Gasteiger partial charge is 0.309 e. The van der Waals surface area contributed by atoms with Gasteiger partial charge >= 0.3 is 0 Å². The zero-order chi connectivity index (χ0) is 36.0. The lowest BCUT2D eigenvalue weighted by molar-refractivity contribution is 1.18. The van der Waals surface area contributed by atoms with Gasteiger partial charge in [-0.1, -0.05) is 127 Å². The molecule has 0 amide bonds. The van der Waals surface area contributed by atoms with Gasteiger partial charge in [-0.05, 0) is 99.8 Å². The van der Waals surface area contributed by atoms with Crippen LogP contribution in [0.25, 0.3) is 108 Å². The van der Waals surface area contributed by atoms with E-state index in [1.165, 1.54) is 102 Å². The molecule has 0 aliphatic heterocycles. The third-order valence-corrected chi connectivity index (χ3v) is 12.7. The van der Waals surface area contributed by atoms with Crippen molar-refractivity contribution in [1.82, 2.24) is 9.13 Å². The number of thiophene rings is 1. The number of benzene rings is 9. The minimum atomic E-state index is 1.16. The Morgan fingerprint density at radius 3 is 1.58 bits per heavy atom. The number of aromatic nitrogens is 2. The van der Waals surface area contributed by atoms with Crippen molar-refractivity contribution in [3.63, 3.8) is 0 Å². The van der Waals surface area contributed by atoms with Gasteiger partial charge in [0.1, 0.15) is 0 Å². The monoisotopic (exact) mass is 716 g/mol. The third kappa shape index (κ3) is 4.60. The lowest BCUT2D eigenvalue weighted by atomic mass is 10.0. The van der Waals surface area contributed by atoms with Crippen molar-refractivity contribution >= 4 is 85.9 Å². The van der Waals surface area contributed by atoms with E-state index < -0.39 is 0 Å². The van der Waals surface area contributed by atoms with E-state index in [-0.39, 0.29) is 0 Å². The molecule has 55 heavy (non-hydrogen) atoms. The molecule has 0 atom stereocenters. The normalized spacial score (nSPS) is 12.0. The molecule has 12 rings (SSSR count). The average molecular weight is 717 g/mol. The Balaban J connectivity index is 0.986. The lowest BCUT2D eigenvalue weighted by Gasteiger charge is -2.11.